The van der Waals surface area contributed by atoms with Crippen LogP contribution in [0, 0.1) is 0 Å². The molecule has 0 aliphatic heterocycles. The van der Waals surface area contributed by atoms with Crippen LogP contribution in [0.2, 0.25) is 0 Å². The van der Waals surface area contributed by atoms with Gasteiger partial charge in [0, 0.05) is 31.2 Å². The fourth-order valence-corrected chi connectivity index (χ4v) is 5.95. The molecule has 0 aliphatic rings. The lowest BCUT2D eigenvalue weighted by Gasteiger charge is -2.28. The van der Waals surface area contributed by atoms with Gasteiger partial charge in [0.05, 0.1) is 44.1 Å². The van der Waals surface area contributed by atoms with E-state index in [0.717, 1.165) is 13.8 Å². The van der Waals surface area contributed by atoms with Gasteiger partial charge in [-0.2, -0.15) is 0 Å². The number of carboxylic acids is 3. The largest absolute Gasteiger partial charge is 0.481 e. The number of aliphatic hydroxyl groups excluding tert-OH is 3. The number of hydrogen-bond donors (Lipinski definition) is 16. The summed E-state index contributed by atoms with van der Waals surface area (Å²) >= 11 is 0. The fraction of sp³-hybridized carbons (Fsp3) is 0.500. The number of rotatable bonds is 29. The Bertz CT molecular complexity index is 2090. The van der Waals surface area contributed by atoms with Crippen molar-refractivity contribution in [1.29, 1.82) is 0 Å². The number of aromatic nitrogens is 2. The predicted molar refractivity (Wildman–Crippen MR) is 230 cm³/mol. The van der Waals surface area contributed by atoms with Crippen molar-refractivity contribution in [2.24, 2.45) is 5.73 Å². The third-order valence-corrected chi connectivity index (χ3v) is 9.66. The van der Waals surface area contributed by atoms with E-state index < -0.39 is 158 Å². The Hall–Kier alpha value is -7.56. The number of nitrogens with zero attached hydrogens (tertiary/aromatic N) is 1. The van der Waals surface area contributed by atoms with Crippen LogP contribution in [-0.2, 0) is 65.6 Å². The Balaban J connectivity index is 2.18. The van der Waals surface area contributed by atoms with Crippen LogP contribution in [0.5, 0.6) is 0 Å². The van der Waals surface area contributed by atoms with Gasteiger partial charge in [0.15, 0.2) is 0 Å². The molecule has 28 heteroatoms. The average molecular weight is 964 g/mol. The maximum atomic E-state index is 13.8. The molecule has 0 saturated carbocycles. The molecule has 2 rings (SSSR count). The minimum Gasteiger partial charge on any atom is -0.481 e. The number of carbonyl (C=O) groups is 11. The van der Waals surface area contributed by atoms with Crippen LogP contribution in [0.15, 0.2) is 42.9 Å². The zero-order valence-corrected chi connectivity index (χ0v) is 37.0. The number of H-pyrrole nitrogens is 1. The number of hydrogen-bond acceptors (Lipinski definition) is 16. The van der Waals surface area contributed by atoms with Gasteiger partial charge in [0.1, 0.15) is 42.3 Å². The zero-order chi connectivity index (χ0) is 51.2. The van der Waals surface area contributed by atoms with Crippen LogP contribution in [-0.4, -0.2) is 179 Å². The van der Waals surface area contributed by atoms with Crippen LogP contribution in [0.1, 0.15) is 51.3 Å². The number of nitrogens with one attached hydrogen (secondary N) is 9. The quantitative estimate of drug-likeness (QED) is 0.0360. The molecule has 0 radical (unpaired) electrons. The second-order valence-corrected chi connectivity index (χ2v) is 15.3. The van der Waals surface area contributed by atoms with Gasteiger partial charge >= 0.3 is 17.9 Å². The smallest absolute Gasteiger partial charge is 0.326 e. The van der Waals surface area contributed by atoms with Crippen molar-refractivity contribution < 1.29 is 83.4 Å². The van der Waals surface area contributed by atoms with Crippen molar-refractivity contribution in [2.75, 3.05) is 13.2 Å². The van der Waals surface area contributed by atoms with Crippen LogP contribution in [0.25, 0.3) is 0 Å². The van der Waals surface area contributed by atoms with Crippen LogP contribution >= 0.6 is 0 Å². The number of amides is 8. The Morgan fingerprint density at radius 3 is 1.72 bits per heavy atom. The fourth-order valence-electron chi connectivity index (χ4n) is 5.95. The molecule has 374 valence electrons. The van der Waals surface area contributed by atoms with Crippen molar-refractivity contribution in [1.82, 2.24) is 52.5 Å². The Morgan fingerprint density at radius 2 is 1.19 bits per heavy atom. The molecule has 2 aromatic rings. The summed E-state index contributed by atoms with van der Waals surface area (Å²) in [7, 11) is 0. The van der Waals surface area contributed by atoms with Gasteiger partial charge in [0.2, 0.25) is 47.3 Å². The maximum absolute atomic E-state index is 13.8. The van der Waals surface area contributed by atoms with E-state index >= 15 is 0 Å². The summed E-state index contributed by atoms with van der Waals surface area (Å²) in [6.07, 6.45) is -2.95. The third kappa shape index (κ3) is 19.5. The van der Waals surface area contributed by atoms with Gasteiger partial charge in [-0.1, -0.05) is 30.3 Å². The van der Waals surface area contributed by atoms with E-state index in [2.05, 4.69) is 41.9 Å². The van der Waals surface area contributed by atoms with E-state index in [1.54, 1.807) is 30.3 Å². The molecule has 1 heterocycles. The Labute approximate surface area is 387 Å². The first-order valence-electron chi connectivity index (χ1n) is 20.7. The summed E-state index contributed by atoms with van der Waals surface area (Å²) in [5.74, 6) is -13.4. The maximum Gasteiger partial charge on any atom is 0.326 e. The van der Waals surface area contributed by atoms with E-state index in [1.807, 2.05) is 10.6 Å². The zero-order valence-electron chi connectivity index (χ0n) is 37.0. The molecule has 1 aromatic carbocycles. The number of aromatic amines is 1. The Morgan fingerprint density at radius 1 is 0.632 bits per heavy atom. The molecule has 0 spiro atoms. The number of aliphatic carboxylic acids is 3. The number of carbonyl (C=O) groups excluding carboxylic acids is 8. The summed E-state index contributed by atoms with van der Waals surface area (Å²) < 4.78 is 0. The highest BCUT2D eigenvalue weighted by Gasteiger charge is 2.36. The van der Waals surface area contributed by atoms with Gasteiger partial charge in [0.25, 0.3) is 0 Å². The van der Waals surface area contributed by atoms with Gasteiger partial charge < -0.3 is 83.9 Å². The Kier molecular flexibility index (Phi) is 23.1. The molecule has 17 N–H and O–H groups in total. The minimum absolute atomic E-state index is 0.0524. The highest BCUT2D eigenvalue weighted by Crippen LogP contribution is 2.08. The molecular weight excluding hydrogens is 906 g/mol. The van der Waals surface area contributed by atoms with E-state index in [-0.39, 0.29) is 12.8 Å². The van der Waals surface area contributed by atoms with Gasteiger partial charge in [-0.25, -0.2) is 9.78 Å². The monoisotopic (exact) mass is 963 g/mol. The van der Waals surface area contributed by atoms with Crippen LogP contribution in [0.3, 0.4) is 0 Å². The van der Waals surface area contributed by atoms with E-state index in [9.17, 15) is 78.3 Å². The number of benzene rings is 1. The minimum atomic E-state index is -1.96. The molecule has 10 unspecified atom stereocenters. The highest BCUT2D eigenvalue weighted by molar-refractivity contribution is 5.98. The van der Waals surface area contributed by atoms with E-state index in [4.69, 9.17) is 10.8 Å². The predicted octanol–water partition coefficient (Wildman–Crippen LogP) is -6.77. The van der Waals surface area contributed by atoms with Crippen molar-refractivity contribution in [3.05, 3.63) is 54.1 Å². The van der Waals surface area contributed by atoms with Crippen molar-refractivity contribution >= 4 is 65.2 Å². The molecule has 68 heavy (non-hydrogen) atoms. The normalized spacial score (nSPS) is 15.3. The first kappa shape index (κ1) is 56.6. The topological polar surface area (TPSA) is 460 Å². The second-order valence-electron chi connectivity index (χ2n) is 15.3. The van der Waals surface area contributed by atoms with E-state index in [1.165, 1.54) is 19.4 Å². The lowest BCUT2D eigenvalue weighted by atomic mass is 10.0. The van der Waals surface area contributed by atoms with Crippen molar-refractivity contribution in [3.8, 4) is 0 Å². The highest BCUT2D eigenvalue weighted by atomic mass is 16.4. The summed E-state index contributed by atoms with van der Waals surface area (Å²) in [5.41, 5.74) is 6.88. The lowest BCUT2D eigenvalue weighted by Crippen LogP contribution is -2.62. The number of imidazole rings is 1. The summed E-state index contributed by atoms with van der Waals surface area (Å²) in [6, 6.07) is -5.20. The molecule has 10 atom stereocenters. The van der Waals surface area contributed by atoms with Crippen LogP contribution < -0.4 is 48.3 Å². The molecule has 0 fully saturated rings. The lowest BCUT2D eigenvalue weighted by molar-refractivity contribution is -0.147. The standard InChI is InChI=1S/C40H57N11O17/c1-18(45-34(61)23(41)12-22-14-42-17-44-22)33(60)46-24(9-10-29(56)57)35(62)43-15-28(55)50-31(19(2)53)38(65)47-25(11-21-7-5-4-6-8-21)36(63)51-32(20(3)54)39(66)49-27(16-52)37(64)48-26(40(67)68)13-30(58)59/h4-8,14,17-20,23-27,31-32,52-54H,9-13,15-16,41H2,1-3H3,(H,42,44)(H,43,62)(H,45,61)(H,46,60)(H,47,65)(H,48,64)(H,49,66)(H,50,55)(H,51,63)(H,56,57)(H,58,59)(H,67,68). The number of nitrogens with two attached hydrogens (primary N) is 1. The van der Waals surface area contributed by atoms with Gasteiger partial charge in [-0.15, -0.1) is 0 Å². The van der Waals surface area contributed by atoms with Crippen LogP contribution in [0.4, 0.5) is 0 Å². The number of aliphatic hydroxyl groups is 3. The summed E-state index contributed by atoms with van der Waals surface area (Å²) in [4.78, 5) is 146. The van der Waals surface area contributed by atoms with Crippen molar-refractivity contribution in [3.63, 3.8) is 0 Å². The second kappa shape index (κ2) is 27.8. The average Bonchev–Trinajstić information content (AvgIpc) is 3.79. The first-order chi connectivity index (χ1) is 31.9. The molecule has 0 bridgehead atoms. The van der Waals surface area contributed by atoms with Gasteiger partial charge in [-0.05, 0) is 32.8 Å². The molecule has 0 aliphatic carbocycles. The molecule has 0 saturated heterocycles. The summed E-state index contributed by atoms with van der Waals surface area (Å²) in [6.45, 7) is 1.39. The SMILES string of the molecule is CC(NC(=O)C(N)Cc1cnc[nH]1)C(=O)NC(CCC(=O)O)C(=O)NCC(=O)NC(C(=O)NC(Cc1ccccc1)C(=O)NC(C(=O)NC(CO)C(=O)NC(CC(=O)O)C(=O)O)C(C)O)C(C)O. The molecule has 28 nitrogen and oxygen atoms in total. The van der Waals surface area contributed by atoms with E-state index in [0.29, 0.717) is 11.3 Å². The van der Waals surface area contributed by atoms with Gasteiger partial charge in [-0.3, -0.25) is 47.9 Å². The third-order valence-electron chi connectivity index (χ3n) is 9.66. The first-order valence-corrected chi connectivity index (χ1v) is 20.7. The summed E-state index contributed by atoms with van der Waals surface area (Å²) in [5, 5.41) is 75.7. The molecular formula is C40H57N11O17. The molecule has 8 amide bonds. The van der Waals surface area contributed by atoms with Crippen molar-refractivity contribution in [2.45, 2.75) is 113 Å². The number of carboxylic acid groups (broad SMARTS) is 3. The molecule has 1 aromatic heterocycles.